The van der Waals surface area contributed by atoms with E-state index in [0.29, 0.717) is 26.2 Å². The molecule has 100 valence electrons. The van der Waals surface area contributed by atoms with E-state index in [1.54, 1.807) is 6.92 Å². The van der Waals surface area contributed by atoms with Gasteiger partial charge >= 0.3 is 0 Å². The average molecular weight is 264 g/mol. The first-order chi connectivity index (χ1) is 7.76. The molecule has 1 heterocycles. The molecule has 1 atom stereocenters. The van der Waals surface area contributed by atoms with Gasteiger partial charge in [0, 0.05) is 40.3 Å². The molecule has 1 amide bonds. The largest absolute Gasteiger partial charge is 0.368 e. The molecule has 0 aromatic carbocycles. The quantitative estimate of drug-likeness (QED) is 0.654. The molecule has 0 aromatic rings. The van der Waals surface area contributed by atoms with Crippen LogP contribution in [-0.4, -0.2) is 74.2 Å². The Morgan fingerprint density at radius 3 is 2.06 bits per heavy atom. The summed E-state index contributed by atoms with van der Waals surface area (Å²) in [5.41, 5.74) is 5.21. The molecule has 0 aromatic heterocycles. The van der Waals surface area contributed by atoms with E-state index in [1.165, 1.54) is 22.7 Å². The van der Waals surface area contributed by atoms with Gasteiger partial charge in [-0.2, -0.15) is 17.0 Å². The highest BCUT2D eigenvalue weighted by Gasteiger charge is 2.31. The van der Waals surface area contributed by atoms with Crippen molar-refractivity contribution in [1.82, 2.24) is 13.5 Å². The van der Waals surface area contributed by atoms with Gasteiger partial charge in [-0.15, -0.1) is 0 Å². The number of hydrogen-bond acceptors (Lipinski definition) is 4. The SMILES string of the molecule is C[C@H](C(N)=O)N1CCN(S(=O)(=O)N(C)C)CC1. The van der Waals surface area contributed by atoms with Gasteiger partial charge in [0.1, 0.15) is 0 Å². The smallest absolute Gasteiger partial charge is 0.281 e. The molecule has 0 saturated carbocycles. The molecular formula is C9H20N4O3S. The van der Waals surface area contributed by atoms with E-state index in [4.69, 9.17) is 5.73 Å². The van der Waals surface area contributed by atoms with Crippen LogP contribution in [0.3, 0.4) is 0 Å². The van der Waals surface area contributed by atoms with E-state index >= 15 is 0 Å². The molecule has 0 radical (unpaired) electrons. The minimum Gasteiger partial charge on any atom is -0.368 e. The van der Waals surface area contributed by atoms with Crippen LogP contribution in [0.2, 0.25) is 0 Å². The first-order valence-corrected chi connectivity index (χ1v) is 6.87. The van der Waals surface area contributed by atoms with Crippen LogP contribution in [-0.2, 0) is 15.0 Å². The van der Waals surface area contributed by atoms with Crippen LogP contribution >= 0.6 is 0 Å². The molecule has 1 fully saturated rings. The van der Waals surface area contributed by atoms with Crippen LogP contribution < -0.4 is 5.73 Å². The second kappa shape index (κ2) is 5.30. The van der Waals surface area contributed by atoms with E-state index in [2.05, 4.69) is 0 Å². The van der Waals surface area contributed by atoms with Gasteiger partial charge < -0.3 is 5.73 Å². The lowest BCUT2D eigenvalue weighted by Crippen LogP contribution is -2.55. The summed E-state index contributed by atoms with van der Waals surface area (Å²) in [4.78, 5) is 12.9. The van der Waals surface area contributed by atoms with Crippen molar-refractivity contribution in [2.45, 2.75) is 13.0 Å². The highest BCUT2D eigenvalue weighted by Crippen LogP contribution is 2.11. The van der Waals surface area contributed by atoms with Gasteiger partial charge in [-0.05, 0) is 6.92 Å². The molecule has 2 N–H and O–H groups in total. The van der Waals surface area contributed by atoms with Crippen molar-refractivity contribution in [3.8, 4) is 0 Å². The Hall–Kier alpha value is -0.700. The summed E-state index contributed by atoms with van der Waals surface area (Å²) in [5.74, 6) is -0.381. The minimum absolute atomic E-state index is 0.348. The van der Waals surface area contributed by atoms with E-state index in [1.807, 2.05) is 4.90 Å². The Morgan fingerprint density at radius 2 is 1.71 bits per heavy atom. The topological polar surface area (TPSA) is 87.0 Å². The molecule has 1 rings (SSSR count). The summed E-state index contributed by atoms with van der Waals surface area (Å²) >= 11 is 0. The van der Waals surface area contributed by atoms with Crippen molar-refractivity contribution >= 4 is 16.1 Å². The monoisotopic (exact) mass is 264 g/mol. The Labute approximate surface area is 102 Å². The first kappa shape index (κ1) is 14.4. The predicted molar refractivity (Wildman–Crippen MR) is 64.4 cm³/mol. The van der Waals surface area contributed by atoms with Crippen molar-refractivity contribution in [3.63, 3.8) is 0 Å². The van der Waals surface area contributed by atoms with Crippen LogP contribution in [0.5, 0.6) is 0 Å². The van der Waals surface area contributed by atoms with Crippen molar-refractivity contribution in [3.05, 3.63) is 0 Å². The van der Waals surface area contributed by atoms with Gasteiger partial charge in [0.25, 0.3) is 10.2 Å². The summed E-state index contributed by atoms with van der Waals surface area (Å²) in [5, 5.41) is 0. The zero-order valence-corrected chi connectivity index (χ0v) is 11.3. The number of carbonyl (C=O) groups is 1. The molecule has 8 heteroatoms. The lowest BCUT2D eigenvalue weighted by Gasteiger charge is -2.37. The fraction of sp³-hybridized carbons (Fsp3) is 0.889. The third-order valence-corrected chi connectivity index (χ3v) is 4.96. The molecule has 7 nitrogen and oxygen atoms in total. The van der Waals surface area contributed by atoms with E-state index in [0.717, 1.165) is 0 Å². The van der Waals surface area contributed by atoms with Crippen molar-refractivity contribution in [2.75, 3.05) is 40.3 Å². The fourth-order valence-corrected chi connectivity index (χ4v) is 2.82. The summed E-state index contributed by atoms with van der Waals surface area (Å²) in [7, 11) is -0.330. The minimum atomic E-state index is -3.35. The summed E-state index contributed by atoms with van der Waals surface area (Å²) in [6.45, 7) is 3.56. The molecule has 1 aliphatic heterocycles. The summed E-state index contributed by atoms with van der Waals surface area (Å²) < 4.78 is 26.3. The molecule has 1 aliphatic rings. The second-order valence-electron chi connectivity index (χ2n) is 4.30. The number of piperazine rings is 1. The molecule has 0 aliphatic carbocycles. The third kappa shape index (κ3) is 3.15. The predicted octanol–water partition coefficient (Wildman–Crippen LogP) is -1.72. The van der Waals surface area contributed by atoms with Crippen molar-refractivity contribution in [2.24, 2.45) is 5.73 Å². The van der Waals surface area contributed by atoms with Gasteiger partial charge in [-0.1, -0.05) is 0 Å². The van der Waals surface area contributed by atoms with Crippen LogP contribution in [0, 0.1) is 0 Å². The lowest BCUT2D eigenvalue weighted by atomic mass is 10.2. The number of hydrogen-bond donors (Lipinski definition) is 1. The number of nitrogens with zero attached hydrogens (tertiary/aromatic N) is 3. The number of rotatable bonds is 4. The molecule has 0 spiro atoms. The van der Waals surface area contributed by atoms with E-state index < -0.39 is 10.2 Å². The van der Waals surface area contributed by atoms with Crippen LogP contribution in [0.4, 0.5) is 0 Å². The highest BCUT2D eigenvalue weighted by molar-refractivity contribution is 7.86. The maximum atomic E-state index is 11.8. The first-order valence-electron chi connectivity index (χ1n) is 5.47. The standard InChI is InChI=1S/C9H20N4O3S/c1-8(9(10)14)12-4-6-13(7-5-12)17(15,16)11(2)3/h8H,4-7H2,1-3H3,(H2,10,14)/t8-/m1/s1. The molecular weight excluding hydrogens is 244 g/mol. The highest BCUT2D eigenvalue weighted by atomic mass is 32.2. The van der Waals surface area contributed by atoms with Crippen LogP contribution in [0.1, 0.15) is 6.92 Å². The van der Waals surface area contributed by atoms with Gasteiger partial charge in [-0.3, -0.25) is 9.69 Å². The maximum absolute atomic E-state index is 11.8. The summed E-state index contributed by atoms with van der Waals surface area (Å²) in [6.07, 6.45) is 0. The Morgan fingerprint density at radius 1 is 1.24 bits per heavy atom. The zero-order valence-electron chi connectivity index (χ0n) is 10.5. The molecule has 17 heavy (non-hydrogen) atoms. The van der Waals surface area contributed by atoms with Crippen LogP contribution in [0.15, 0.2) is 0 Å². The summed E-state index contributed by atoms with van der Waals surface area (Å²) in [6, 6.07) is -0.348. The number of amides is 1. The number of nitrogens with two attached hydrogens (primary N) is 1. The van der Waals surface area contributed by atoms with Gasteiger partial charge in [-0.25, -0.2) is 0 Å². The van der Waals surface area contributed by atoms with E-state index in [9.17, 15) is 13.2 Å². The molecule has 0 unspecified atom stereocenters. The maximum Gasteiger partial charge on any atom is 0.281 e. The van der Waals surface area contributed by atoms with Gasteiger partial charge in [0.05, 0.1) is 6.04 Å². The fourth-order valence-electron chi connectivity index (χ4n) is 1.73. The third-order valence-electron chi connectivity index (χ3n) is 3.02. The van der Waals surface area contributed by atoms with E-state index in [-0.39, 0.29) is 11.9 Å². The van der Waals surface area contributed by atoms with Crippen molar-refractivity contribution in [1.29, 1.82) is 0 Å². The number of carbonyl (C=O) groups excluding carboxylic acids is 1. The molecule has 0 bridgehead atoms. The van der Waals surface area contributed by atoms with Gasteiger partial charge in [0.15, 0.2) is 0 Å². The average Bonchev–Trinajstić information content (AvgIpc) is 2.27. The second-order valence-corrected chi connectivity index (χ2v) is 6.45. The Balaban J connectivity index is 2.60. The Kier molecular flexibility index (Phi) is 4.48. The van der Waals surface area contributed by atoms with Crippen LogP contribution in [0.25, 0.3) is 0 Å². The van der Waals surface area contributed by atoms with Crippen molar-refractivity contribution < 1.29 is 13.2 Å². The normalized spacial score (nSPS) is 21.6. The Bertz CT molecular complexity index is 374. The molecule has 1 saturated heterocycles. The van der Waals surface area contributed by atoms with Gasteiger partial charge in [0.2, 0.25) is 5.91 Å². The zero-order chi connectivity index (χ0) is 13.2. The number of primary amides is 1. The lowest BCUT2D eigenvalue weighted by molar-refractivity contribution is -0.123.